The van der Waals surface area contributed by atoms with E-state index in [1.807, 2.05) is 18.2 Å². The van der Waals surface area contributed by atoms with Gasteiger partial charge >= 0.3 is 0 Å². The summed E-state index contributed by atoms with van der Waals surface area (Å²) in [6.45, 7) is 0.268. The first-order valence-electron chi connectivity index (χ1n) is 6.48. The summed E-state index contributed by atoms with van der Waals surface area (Å²) in [4.78, 5) is 11.6. The highest BCUT2D eigenvalue weighted by atomic mass is 16.7. The molecule has 2 atom stereocenters. The van der Waals surface area contributed by atoms with Gasteiger partial charge in [0.05, 0.1) is 6.10 Å². The van der Waals surface area contributed by atoms with Gasteiger partial charge in [0, 0.05) is 20.0 Å². The maximum Gasteiger partial charge on any atom is 0.147 e. The van der Waals surface area contributed by atoms with Crippen LogP contribution in [0.5, 0.6) is 0 Å². The summed E-state index contributed by atoms with van der Waals surface area (Å²) >= 11 is 0. The van der Waals surface area contributed by atoms with Gasteiger partial charge in [-0.3, -0.25) is 4.79 Å². The molecular formula is C15H20O3. The lowest BCUT2D eigenvalue weighted by atomic mass is 9.82. The van der Waals surface area contributed by atoms with Crippen molar-refractivity contribution in [1.82, 2.24) is 0 Å². The highest BCUT2D eigenvalue weighted by molar-refractivity contribution is 5.79. The molecule has 0 bridgehead atoms. The van der Waals surface area contributed by atoms with Crippen molar-refractivity contribution in [2.24, 2.45) is 5.92 Å². The van der Waals surface area contributed by atoms with Crippen LogP contribution in [-0.2, 0) is 14.3 Å². The van der Waals surface area contributed by atoms with Crippen LogP contribution in [0, 0.1) is 5.92 Å². The Morgan fingerprint density at radius 3 is 2.78 bits per heavy atom. The van der Waals surface area contributed by atoms with Gasteiger partial charge in [0.15, 0.2) is 0 Å². The van der Waals surface area contributed by atoms with Crippen molar-refractivity contribution in [3.8, 4) is 0 Å². The van der Waals surface area contributed by atoms with Crippen LogP contribution in [0.1, 0.15) is 37.4 Å². The molecule has 98 valence electrons. The Kier molecular flexibility index (Phi) is 4.90. The second-order valence-electron chi connectivity index (χ2n) is 4.80. The lowest BCUT2D eigenvalue weighted by Gasteiger charge is -2.29. The van der Waals surface area contributed by atoms with Gasteiger partial charge in [0.1, 0.15) is 12.6 Å². The molecule has 2 unspecified atom stereocenters. The van der Waals surface area contributed by atoms with Gasteiger partial charge in [-0.15, -0.1) is 0 Å². The number of ketones is 1. The largest absolute Gasteiger partial charge is 0.359 e. The molecule has 18 heavy (non-hydrogen) atoms. The molecule has 3 heteroatoms. The third kappa shape index (κ3) is 3.40. The van der Waals surface area contributed by atoms with Crippen molar-refractivity contribution >= 4 is 5.78 Å². The van der Waals surface area contributed by atoms with Crippen molar-refractivity contribution in [2.75, 3.05) is 13.9 Å². The molecule has 1 aromatic rings. The highest BCUT2D eigenvalue weighted by Crippen LogP contribution is 2.35. The number of Topliss-reactive ketones (excluding diaryl/α,β-unsaturated/α-hetero) is 1. The SMILES string of the molecule is COCOC(c1ccccc1)C1CCCC(=O)C1. The normalized spacial score (nSPS) is 21.8. The Labute approximate surface area is 108 Å². The van der Waals surface area contributed by atoms with E-state index in [1.165, 1.54) is 0 Å². The lowest BCUT2D eigenvalue weighted by molar-refractivity contribution is -0.128. The highest BCUT2D eigenvalue weighted by Gasteiger charge is 2.29. The monoisotopic (exact) mass is 248 g/mol. The Hall–Kier alpha value is -1.19. The van der Waals surface area contributed by atoms with Crippen LogP contribution in [0.4, 0.5) is 0 Å². The van der Waals surface area contributed by atoms with E-state index in [0.29, 0.717) is 12.2 Å². The minimum absolute atomic E-state index is 0.0320. The Balaban J connectivity index is 2.11. The second kappa shape index (κ2) is 6.66. The minimum atomic E-state index is -0.0320. The molecular weight excluding hydrogens is 228 g/mol. The first kappa shape index (κ1) is 13.2. The van der Waals surface area contributed by atoms with Gasteiger partial charge in [-0.25, -0.2) is 0 Å². The summed E-state index contributed by atoms with van der Waals surface area (Å²) in [6.07, 6.45) is 3.35. The average molecular weight is 248 g/mol. The number of hydrogen-bond acceptors (Lipinski definition) is 3. The number of benzene rings is 1. The molecule has 1 aromatic carbocycles. The Morgan fingerprint density at radius 2 is 2.11 bits per heavy atom. The van der Waals surface area contributed by atoms with E-state index in [-0.39, 0.29) is 18.8 Å². The molecule has 2 rings (SSSR count). The van der Waals surface area contributed by atoms with Crippen LogP contribution < -0.4 is 0 Å². The van der Waals surface area contributed by atoms with E-state index in [2.05, 4.69) is 12.1 Å². The maximum absolute atomic E-state index is 11.6. The fourth-order valence-electron chi connectivity index (χ4n) is 2.60. The molecule has 1 fully saturated rings. The molecule has 1 aliphatic rings. The first-order chi connectivity index (χ1) is 8.81. The van der Waals surface area contributed by atoms with Gasteiger partial charge in [-0.1, -0.05) is 30.3 Å². The molecule has 0 N–H and O–H groups in total. The van der Waals surface area contributed by atoms with Crippen LogP contribution in [-0.4, -0.2) is 19.7 Å². The molecule has 1 saturated carbocycles. The lowest BCUT2D eigenvalue weighted by Crippen LogP contribution is -2.24. The summed E-state index contributed by atoms with van der Waals surface area (Å²) in [7, 11) is 1.62. The third-order valence-corrected chi connectivity index (χ3v) is 3.44. The standard InChI is InChI=1S/C15H20O3/c1-17-11-18-15(12-6-3-2-4-7-12)13-8-5-9-14(16)10-13/h2-4,6-7,13,15H,5,8-11H2,1H3. The van der Waals surface area contributed by atoms with Gasteiger partial charge in [0.2, 0.25) is 0 Å². The average Bonchev–Trinajstić information content (AvgIpc) is 2.40. The van der Waals surface area contributed by atoms with Crippen molar-refractivity contribution < 1.29 is 14.3 Å². The van der Waals surface area contributed by atoms with Crippen LogP contribution in [0.15, 0.2) is 30.3 Å². The fraction of sp³-hybridized carbons (Fsp3) is 0.533. The zero-order chi connectivity index (χ0) is 12.8. The van der Waals surface area contributed by atoms with E-state index in [9.17, 15) is 4.79 Å². The Bertz CT molecular complexity index is 375. The molecule has 1 aliphatic carbocycles. The number of methoxy groups -OCH3 is 1. The molecule has 0 heterocycles. The van der Waals surface area contributed by atoms with Crippen molar-refractivity contribution in [3.63, 3.8) is 0 Å². The van der Waals surface area contributed by atoms with Crippen LogP contribution >= 0.6 is 0 Å². The quantitative estimate of drug-likeness (QED) is 0.751. The minimum Gasteiger partial charge on any atom is -0.359 e. The fourth-order valence-corrected chi connectivity index (χ4v) is 2.60. The van der Waals surface area contributed by atoms with E-state index < -0.39 is 0 Å². The smallest absolute Gasteiger partial charge is 0.147 e. The van der Waals surface area contributed by atoms with Crippen molar-refractivity contribution in [1.29, 1.82) is 0 Å². The summed E-state index contributed by atoms with van der Waals surface area (Å²) in [5.74, 6) is 0.636. The predicted octanol–water partition coefficient (Wildman–Crippen LogP) is 3.11. The van der Waals surface area contributed by atoms with Gasteiger partial charge in [-0.2, -0.15) is 0 Å². The number of hydrogen-bond donors (Lipinski definition) is 0. The van der Waals surface area contributed by atoms with E-state index in [4.69, 9.17) is 9.47 Å². The predicted molar refractivity (Wildman–Crippen MR) is 69.1 cm³/mol. The molecule has 0 spiro atoms. The van der Waals surface area contributed by atoms with Crippen LogP contribution in [0.3, 0.4) is 0 Å². The molecule has 0 amide bonds. The summed E-state index contributed by atoms with van der Waals surface area (Å²) < 4.78 is 10.8. The summed E-state index contributed by atoms with van der Waals surface area (Å²) in [5.41, 5.74) is 1.13. The second-order valence-corrected chi connectivity index (χ2v) is 4.80. The Morgan fingerprint density at radius 1 is 1.33 bits per heavy atom. The maximum atomic E-state index is 11.6. The number of ether oxygens (including phenoxy) is 2. The van der Waals surface area contributed by atoms with Gasteiger partial charge < -0.3 is 9.47 Å². The topological polar surface area (TPSA) is 35.5 Å². The summed E-state index contributed by atoms with van der Waals surface area (Å²) in [5, 5.41) is 0. The summed E-state index contributed by atoms with van der Waals surface area (Å²) in [6, 6.07) is 10.1. The third-order valence-electron chi connectivity index (χ3n) is 3.44. The zero-order valence-electron chi connectivity index (χ0n) is 10.8. The van der Waals surface area contributed by atoms with E-state index in [1.54, 1.807) is 7.11 Å². The molecule has 0 saturated heterocycles. The number of rotatable bonds is 5. The van der Waals surface area contributed by atoms with Crippen molar-refractivity contribution in [2.45, 2.75) is 31.8 Å². The van der Waals surface area contributed by atoms with E-state index in [0.717, 1.165) is 24.8 Å². The first-order valence-corrected chi connectivity index (χ1v) is 6.48. The van der Waals surface area contributed by atoms with Crippen LogP contribution in [0.25, 0.3) is 0 Å². The zero-order valence-corrected chi connectivity index (χ0v) is 10.8. The van der Waals surface area contributed by atoms with E-state index >= 15 is 0 Å². The molecule has 0 aromatic heterocycles. The molecule has 0 aliphatic heterocycles. The van der Waals surface area contributed by atoms with Crippen molar-refractivity contribution in [3.05, 3.63) is 35.9 Å². The van der Waals surface area contributed by atoms with Crippen LogP contribution in [0.2, 0.25) is 0 Å². The number of carbonyl (C=O) groups excluding carboxylic acids is 1. The number of carbonyl (C=O) groups is 1. The van der Waals surface area contributed by atoms with Gasteiger partial charge in [0.25, 0.3) is 0 Å². The molecule has 0 radical (unpaired) electrons. The molecule has 3 nitrogen and oxygen atoms in total. The van der Waals surface area contributed by atoms with Gasteiger partial charge in [-0.05, 0) is 24.3 Å².